The van der Waals surface area contributed by atoms with Crippen molar-refractivity contribution in [3.8, 4) is 0 Å². The van der Waals surface area contributed by atoms with Crippen molar-refractivity contribution in [1.29, 1.82) is 0 Å². The van der Waals surface area contributed by atoms with Gasteiger partial charge in [-0.1, -0.05) is 53.0 Å². The first kappa shape index (κ1) is 21.5. The zero-order chi connectivity index (χ0) is 19.3. The number of nitrogens with one attached hydrogen (secondary N) is 3. The molecule has 0 saturated heterocycles. The molecular weight excluding hydrogens is 528 g/mol. The van der Waals surface area contributed by atoms with Crippen molar-refractivity contribution in [3.05, 3.63) is 63.2 Å². The topological polar surface area (TPSA) is 53.2 Å². The van der Waals surface area contributed by atoms with Gasteiger partial charge in [0.05, 0.1) is 0 Å². The van der Waals surface area contributed by atoms with Gasteiger partial charge in [-0.05, 0) is 77.6 Å². The number of carbonyl (C=O) groups excluding carboxylic acids is 1. The molecule has 0 saturated carbocycles. The summed E-state index contributed by atoms with van der Waals surface area (Å²) in [5.41, 5.74) is 2.08. The number of hydrogen-bond donors (Lipinski definition) is 3. The Morgan fingerprint density at radius 2 is 1.69 bits per heavy atom. The Hall–Kier alpha value is -0.800. The molecule has 0 heterocycles. The monoisotopic (exact) mass is 541 g/mol. The van der Waals surface area contributed by atoms with Crippen molar-refractivity contribution in [2.45, 2.75) is 16.9 Å². The molecule has 0 aliphatic carbocycles. The summed E-state index contributed by atoms with van der Waals surface area (Å²) >= 11 is 25.5. The van der Waals surface area contributed by atoms with Crippen LogP contribution in [0.1, 0.15) is 15.9 Å². The average Bonchev–Trinajstić information content (AvgIpc) is 2.56. The van der Waals surface area contributed by atoms with Crippen LogP contribution in [0.2, 0.25) is 0 Å². The molecule has 0 spiro atoms. The van der Waals surface area contributed by atoms with Crippen LogP contribution in [0.15, 0.2) is 48.5 Å². The molecule has 0 fully saturated rings. The molecule has 2 aromatic carbocycles. The van der Waals surface area contributed by atoms with E-state index in [9.17, 15) is 4.79 Å². The van der Waals surface area contributed by atoms with Crippen molar-refractivity contribution in [3.63, 3.8) is 0 Å². The molecule has 1 unspecified atom stereocenters. The largest absolute Gasteiger partial charge is 0.339 e. The van der Waals surface area contributed by atoms with Crippen molar-refractivity contribution >= 4 is 86.3 Å². The minimum Gasteiger partial charge on any atom is -0.339 e. The molecule has 0 radical (unpaired) electrons. The standard InChI is InChI=1S/C17H15Cl3IN3OS/c1-10-4-2-3-5-13(10)14(25)23-15(17(18,19)20)24-16(26)22-12-8-6-11(21)7-9-12/h2-9,15H,1H3,(H,23,25)(H2,22,24,26). The fourth-order valence-electron chi connectivity index (χ4n) is 2.07. The van der Waals surface area contributed by atoms with Crippen LogP contribution in [-0.2, 0) is 0 Å². The third-order valence-electron chi connectivity index (χ3n) is 3.37. The van der Waals surface area contributed by atoms with Gasteiger partial charge in [0.25, 0.3) is 5.91 Å². The summed E-state index contributed by atoms with van der Waals surface area (Å²) in [7, 11) is 0. The van der Waals surface area contributed by atoms with E-state index in [0.29, 0.717) is 5.56 Å². The highest BCUT2D eigenvalue weighted by Crippen LogP contribution is 2.29. The van der Waals surface area contributed by atoms with E-state index in [0.717, 1.165) is 14.8 Å². The summed E-state index contributed by atoms with van der Waals surface area (Å²) in [4.78, 5) is 12.5. The summed E-state index contributed by atoms with van der Waals surface area (Å²) in [6.07, 6.45) is -1.02. The van der Waals surface area contributed by atoms with Gasteiger partial charge < -0.3 is 16.0 Å². The quantitative estimate of drug-likeness (QED) is 0.220. The van der Waals surface area contributed by atoms with Gasteiger partial charge in [-0.25, -0.2) is 0 Å². The van der Waals surface area contributed by atoms with E-state index in [-0.39, 0.29) is 11.0 Å². The minimum atomic E-state index is -1.81. The number of alkyl halides is 3. The Balaban J connectivity index is 2.07. The Morgan fingerprint density at radius 3 is 2.27 bits per heavy atom. The second-order valence-electron chi connectivity index (χ2n) is 5.37. The van der Waals surface area contributed by atoms with Gasteiger partial charge in [0.1, 0.15) is 6.17 Å². The Bertz CT molecular complexity index is 797. The number of amides is 1. The van der Waals surface area contributed by atoms with Crippen molar-refractivity contribution in [2.75, 3.05) is 5.32 Å². The first-order valence-electron chi connectivity index (χ1n) is 7.43. The van der Waals surface area contributed by atoms with Gasteiger partial charge in [0.15, 0.2) is 5.11 Å². The summed E-state index contributed by atoms with van der Waals surface area (Å²) in [6.45, 7) is 1.83. The second kappa shape index (κ2) is 9.41. The lowest BCUT2D eigenvalue weighted by Crippen LogP contribution is -2.56. The molecule has 9 heteroatoms. The number of carbonyl (C=O) groups is 1. The first-order chi connectivity index (χ1) is 12.2. The molecule has 4 nitrogen and oxygen atoms in total. The van der Waals surface area contributed by atoms with Gasteiger partial charge in [-0.2, -0.15) is 0 Å². The van der Waals surface area contributed by atoms with Crippen molar-refractivity contribution < 1.29 is 4.79 Å². The normalized spacial score (nSPS) is 12.2. The predicted molar refractivity (Wildman–Crippen MR) is 121 cm³/mol. The Labute approximate surface area is 186 Å². The lowest BCUT2D eigenvalue weighted by molar-refractivity contribution is 0.0934. The Morgan fingerprint density at radius 1 is 1.08 bits per heavy atom. The number of benzene rings is 2. The van der Waals surface area contributed by atoms with Crippen LogP contribution in [0.4, 0.5) is 5.69 Å². The van der Waals surface area contributed by atoms with E-state index in [1.54, 1.807) is 12.1 Å². The van der Waals surface area contributed by atoms with Crippen LogP contribution < -0.4 is 16.0 Å². The van der Waals surface area contributed by atoms with E-state index >= 15 is 0 Å². The van der Waals surface area contributed by atoms with Gasteiger partial charge in [-0.15, -0.1) is 0 Å². The van der Waals surface area contributed by atoms with E-state index in [2.05, 4.69) is 38.5 Å². The number of halogens is 4. The molecule has 3 N–H and O–H groups in total. The SMILES string of the molecule is Cc1ccccc1C(=O)NC(NC(=S)Nc1ccc(I)cc1)C(Cl)(Cl)Cl. The number of hydrogen-bond acceptors (Lipinski definition) is 2. The van der Waals surface area contributed by atoms with Crippen molar-refractivity contribution in [2.24, 2.45) is 0 Å². The summed E-state index contributed by atoms with van der Waals surface area (Å²) < 4.78 is -0.715. The van der Waals surface area contributed by atoms with E-state index in [4.69, 9.17) is 47.0 Å². The highest BCUT2D eigenvalue weighted by atomic mass is 127. The number of aryl methyl sites for hydroxylation is 1. The fraction of sp³-hybridized carbons (Fsp3) is 0.176. The van der Waals surface area contributed by atoms with Crippen LogP contribution in [0.25, 0.3) is 0 Å². The van der Waals surface area contributed by atoms with Gasteiger partial charge in [0, 0.05) is 14.8 Å². The summed E-state index contributed by atoms with van der Waals surface area (Å²) in [6, 6.07) is 14.7. The predicted octanol–water partition coefficient (Wildman–Crippen LogP) is 5.01. The molecule has 2 rings (SSSR count). The van der Waals surface area contributed by atoms with Gasteiger partial charge in [-0.3, -0.25) is 4.79 Å². The molecule has 0 aromatic heterocycles. The molecule has 0 aliphatic heterocycles. The maximum absolute atomic E-state index is 12.5. The highest BCUT2D eigenvalue weighted by molar-refractivity contribution is 14.1. The molecule has 138 valence electrons. The van der Waals surface area contributed by atoms with Crippen molar-refractivity contribution in [1.82, 2.24) is 10.6 Å². The lowest BCUT2D eigenvalue weighted by atomic mass is 10.1. The second-order valence-corrected chi connectivity index (χ2v) is 9.39. The molecule has 2 aromatic rings. The zero-order valence-corrected chi connectivity index (χ0v) is 18.8. The van der Waals surface area contributed by atoms with Crippen LogP contribution in [-0.4, -0.2) is 21.0 Å². The van der Waals surface area contributed by atoms with Crippen LogP contribution in [0, 0.1) is 10.5 Å². The minimum absolute atomic E-state index is 0.215. The highest BCUT2D eigenvalue weighted by Gasteiger charge is 2.35. The van der Waals surface area contributed by atoms with Crippen LogP contribution in [0.5, 0.6) is 0 Å². The fourth-order valence-corrected chi connectivity index (χ4v) is 2.99. The van der Waals surface area contributed by atoms with E-state index < -0.39 is 9.96 Å². The third-order valence-corrected chi connectivity index (χ3v) is 4.96. The Kier molecular flexibility index (Phi) is 7.78. The average molecular weight is 543 g/mol. The number of anilines is 1. The van der Waals surface area contributed by atoms with Gasteiger partial charge >= 0.3 is 0 Å². The molecule has 0 bridgehead atoms. The molecule has 26 heavy (non-hydrogen) atoms. The molecule has 1 amide bonds. The number of rotatable bonds is 4. The van der Waals surface area contributed by atoms with Crippen LogP contribution in [0.3, 0.4) is 0 Å². The summed E-state index contributed by atoms with van der Waals surface area (Å²) in [5, 5.41) is 8.70. The third kappa shape index (κ3) is 6.42. The van der Waals surface area contributed by atoms with E-state index in [1.807, 2.05) is 43.3 Å². The number of thiocarbonyl (C=S) groups is 1. The maximum atomic E-state index is 12.5. The molecule has 1 atom stereocenters. The van der Waals surface area contributed by atoms with Gasteiger partial charge in [0.2, 0.25) is 3.79 Å². The smallest absolute Gasteiger partial charge is 0.253 e. The molecular formula is C17H15Cl3IN3OS. The molecule has 0 aliphatic rings. The lowest BCUT2D eigenvalue weighted by Gasteiger charge is -2.28. The summed E-state index contributed by atoms with van der Waals surface area (Å²) in [5.74, 6) is -0.371. The maximum Gasteiger partial charge on any atom is 0.253 e. The van der Waals surface area contributed by atoms with Crippen LogP contribution >= 0.6 is 69.6 Å². The first-order valence-corrected chi connectivity index (χ1v) is 10.0. The van der Waals surface area contributed by atoms with E-state index in [1.165, 1.54) is 0 Å². The zero-order valence-electron chi connectivity index (χ0n) is 13.5.